The van der Waals surface area contributed by atoms with Crippen molar-refractivity contribution in [2.24, 2.45) is 0 Å². The zero-order valence-electron chi connectivity index (χ0n) is 13.6. The Bertz CT molecular complexity index is 451. The molecule has 0 spiro atoms. The van der Waals surface area contributed by atoms with E-state index in [1.165, 1.54) is 6.92 Å². The van der Waals surface area contributed by atoms with Gasteiger partial charge in [-0.3, -0.25) is 4.79 Å². The van der Waals surface area contributed by atoms with Gasteiger partial charge in [0.15, 0.2) is 12.6 Å². The SMILES string of the molecule is CC(=O)N[C@@H]1[C@@H](O[C@@H]2O[C@H](CO)[C@H](O)C[C@H]2O)[C@H](O)[C@@H](CO)O[C@H]1O. The van der Waals surface area contributed by atoms with E-state index in [-0.39, 0.29) is 6.42 Å². The fourth-order valence-corrected chi connectivity index (χ4v) is 2.94. The molecular formula is C14H25NO10. The van der Waals surface area contributed by atoms with E-state index in [2.05, 4.69) is 5.32 Å². The summed E-state index contributed by atoms with van der Waals surface area (Å²) in [5, 5.41) is 60.9. The molecule has 0 aromatic rings. The van der Waals surface area contributed by atoms with Gasteiger partial charge in [-0.05, 0) is 0 Å². The van der Waals surface area contributed by atoms with Gasteiger partial charge in [0.2, 0.25) is 5.91 Å². The molecular weight excluding hydrogens is 342 g/mol. The normalized spacial score (nSPS) is 45.2. The Kier molecular flexibility index (Phi) is 7.08. The first-order valence-electron chi connectivity index (χ1n) is 7.96. The number of ether oxygens (including phenoxy) is 3. The van der Waals surface area contributed by atoms with E-state index in [4.69, 9.17) is 14.2 Å². The summed E-state index contributed by atoms with van der Waals surface area (Å²) < 4.78 is 15.9. The molecule has 11 nitrogen and oxygen atoms in total. The van der Waals surface area contributed by atoms with Gasteiger partial charge in [-0.15, -0.1) is 0 Å². The van der Waals surface area contributed by atoms with Gasteiger partial charge in [-0.2, -0.15) is 0 Å². The number of hydrogen-bond acceptors (Lipinski definition) is 10. The van der Waals surface area contributed by atoms with E-state index >= 15 is 0 Å². The zero-order valence-corrected chi connectivity index (χ0v) is 13.6. The molecule has 2 saturated heterocycles. The first-order chi connectivity index (χ1) is 11.8. The smallest absolute Gasteiger partial charge is 0.217 e. The van der Waals surface area contributed by atoms with Crippen LogP contribution in [-0.2, 0) is 19.0 Å². The summed E-state index contributed by atoms with van der Waals surface area (Å²) in [7, 11) is 0. The summed E-state index contributed by atoms with van der Waals surface area (Å²) in [5.41, 5.74) is 0. The van der Waals surface area contributed by atoms with E-state index < -0.39 is 74.4 Å². The molecule has 2 fully saturated rings. The Morgan fingerprint density at radius 2 is 1.72 bits per heavy atom. The summed E-state index contributed by atoms with van der Waals surface area (Å²) in [6.45, 7) is 0.0659. The molecule has 0 saturated carbocycles. The first-order valence-corrected chi connectivity index (χ1v) is 7.96. The van der Waals surface area contributed by atoms with Gasteiger partial charge in [-0.1, -0.05) is 0 Å². The number of rotatable bonds is 5. The minimum Gasteiger partial charge on any atom is -0.394 e. The summed E-state index contributed by atoms with van der Waals surface area (Å²) in [4.78, 5) is 11.3. The lowest BCUT2D eigenvalue weighted by molar-refractivity contribution is -0.326. The van der Waals surface area contributed by atoms with Crippen molar-refractivity contribution in [3.63, 3.8) is 0 Å². The highest BCUT2D eigenvalue weighted by Gasteiger charge is 2.48. The van der Waals surface area contributed by atoms with Crippen LogP contribution in [0.5, 0.6) is 0 Å². The second kappa shape index (κ2) is 8.66. The van der Waals surface area contributed by atoms with E-state index in [1.54, 1.807) is 0 Å². The van der Waals surface area contributed by atoms with Crippen LogP contribution < -0.4 is 5.32 Å². The summed E-state index contributed by atoms with van der Waals surface area (Å²) in [6.07, 6.45) is -10.3. The Balaban J connectivity index is 2.16. The van der Waals surface area contributed by atoms with Crippen LogP contribution in [0.3, 0.4) is 0 Å². The highest BCUT2D eigenvalue weighted by atomic mass is 16.7. The lowest BCUT2D eigenvalue weighted by Crippen LogP contribution is -2.66. The lowest BCUT2D eigenvalue weighted by Gasteiger charge is -2.45. The van der Waals surface area contributed by atoms with Gasteiger partial charge >= 0.3 is 0 Å². The third kappa shape index (κ3) is 4.64. The molecule has 2 heterocycles. The van der Waals surface area contributed by atoms with Gasteiger partial charge < -0.3 is 50.2 Å². The van der Waals surface area contributed by atoms with Gasteiger partial charge in [0.25, 0.3) is 0 Å². The largest absolute Gasteiger partial charge is 0.394 e. The van der Waals surface area contributed by atoms with E-state index in [0.717, 1.165) is 0 Å². The Hall–Kier alpha value is -0.890. The highest BCUT2D eigenvalue weighted by Crippen LogP contribution is 2.28. The molecule has 0 radical (unpaired) electrons. The van der Waals surface area contributed by atoms with Crippen molar-refractivity contribution in [2.45, 2.75) is 68.6 Å². The van der Waals surface area contributed by atoms with Crippen molar-refractivity contribution >= 4 is 5.91 Å². The molecule has 1 amide bonds. The monoisotopic (exact) mass is 367 g/mol. The van der Waals surface area contributed by atoms with Gasteiger partial charge in [0.05, 0.1) is 19.3 Å². The maximum atomic E-state index is 11.3. The molecule has 146 valence electrons. The average Bonchev–Trinajstić information content (AvgIpc) is 2.55. The number of aliphatic hydroxyl groups excluding tert-OH is 6. The van der Waals surface area contributed by atoms with Crippen LogP contribution in [0.1, 0.15) is 13.3 Å². The number of carbonyl (C=O) groups is 1. The predicted octanol–water partition coefficient (Wildman–Crippen LogP) is -4.22. The summed E-state index contributed by atoms with van der Waals surface area (Å²) in [6, 6.07) is -1.19. The van der Waals surface area contributed by atoms with Crippen LogP contribution in [0, 0.1) is 0 Å². The number of nitrogens with one attached hydrogen (secondary N) is 1. The molecule has 11 heteroatoms. The van der Waals surface area contributed by atoms with E-state index in [0.29, 0.717) is 0 Å². The first kappa shape index (κ1) is 20.4. The quantitative estimate of drug-likeness (QED) is 0.252. The topological polar surface area (TPSA) is 178 Å². The van der Waals surface area contributed by atoms with Crippen molar-refractivity contribution in [3.8, 4) is 0 Å². The Morgan fingerprint density at radius 3 is 2.28 bits per heavy atom. The highest BCUT2D eigenvalue weighted by molar-refractivity contribution is 5.73. The number of aliphatic hydroxyl groups is 6. The van der Waals surface area contributed by atoms with Crippen molar-refractivity contribution in [1.29, 1.82) is 0 Å². The molecule has 0 aromatic carbocycles. The third-order valence-electron chi connectivity index (χ3n) is 4.25. The van der Waals surface area contributed by atoms with Crippen molar-refractivity contribution in [2.75, 3.05) is 13.2 Å². The molecule has 0 unspecified atom stereocenters. The standard InChI is InChI=1S/C14H25NO10/c1-5(18)15-10-12(11(21)9(4-17)23-13(10)22)25-14-7(20)2-6(19)8(3-16)24-14/h6-14,16-17,19-22H,2-4H2,1H3,(H,15,18)/t6-,7-,8-,9-,10-,11-,12-,13-,14+/m1/s1. The zero-order chi connectivity index (χ0) is 18.7. The molecule has 9 atom stereocenters. The molecule has 2 aliphatic rings. The molecule has 0 bridgehead atoms. The van der Waals surface area contributed by atoms with Gasteiger partial charge in [-0.25, -0.2) is 0 Å². The third-order valence-corrected chi connectivity index (χ3v) is 4.25. The Morgan fingerprint density at radius 1 is 1.08 bits per heavy atom. The minimum atomic E-state index is -1.57. The molecule has 0 aromatic heterocycles. The van der Waals surface area contributed by atoms with Crippen LogP contribution in [0.25, 0.3) is 0 Å². The second-order valence-electron chi connectivity index (χ2n) is 6.16. The van der Waals surface area contributed by atoms with Gasteiger partial charge in [0, 0.05) is 13.3 Å². The maximum absolute atomic E-state index is 11.3. The second-order valence-corrected chi connectivity index (χ2v) is 6.16. The van der Waals surface area contributed by atoms with E-state index in [9.17, 15) is 35.4 Å². The minimum absolute atomic E-state index is 0.133. The van der Waals surface area contributed by atoms with Crippen molar-refractivity contribution in [1.82, 2.24) is 5.32 Å². The maximum Gasteiger partial charge on any atom is 0.217 e. The van der Waals surface area contributed by atoms with Gasteiger partial charge in [0.1, 0.15) is 36.6 Å². The fraction of sp³-hybridized carbons (Fsp3) is 0.929. The molecule has 2 rings (SSSR count). The lowest BCUT2D eigenvalue weighted by atomic mass is 9.96. The molecule has 25 heavy (non-hydrogen) atoms. The Labute approximate surface area is 143 Å². The van der Waals surface area contributed by atoms with Crippen LogP contribution in [0.4, 0.5) is 0 Å². The fourth-order valence-electron chi connectivity index (χ4n) is 2.94. The molecule has 7 N–H and O–H groups in total. The summed E-state index contributed by atoms with van der Waals surface area (Å²) >= 11 is 0. The molecule has 0 aliphatic carbocycles. The van der Waals surface area contributed by atoms with Crippen molar-refractivity contribution < 1.29 is 49.6 Å². The number of hydrogen-bond donors (Lipinski definition) is 7. The predicted molar refractivity (Wildman–Crippen MR) is 78.8 cm³/mol. The van der Waals surface area contributed by atoms with Crippen LogP contribution in [-0.4, -0.2) is 105 Å². The summed E-state index contributed by atoms with van der Waals surface area (Å²) in [5.74, 6) is -0.523. The molecule has 2 aliphatic heterocycles. The van der Waals surface area contributed by atoms with Crippen LogP contribution in [0.2, 0.25) is 0 Å². The van der Waals surface area contributed by atoms with E-state index in [1.807, 2.05) is 0 Å². The number of amides is 1. The van der Waals surface area contributed by atoms with Crippen LogP contribution in [0.15, 0.2) is 0 Å². The van der Waals surface area contributed by atoms with Crippen LogP contribution >= 0.6 is 0 Å². The number of carbonyl (C=O) groups excluding carboxylic acids is 1. The van der Waals surface area contributed by atoms with Crippen molar-refractivity contribution in [3.05, 3.63) is 0 Å². The average molecular weight is 367 g/mol.